The summed E-state index contributed by atoms with van der Waals surface area (Å²) in [5.74, 6) is 0.954. The van der Waals surface area contributed by atoms with Crippen LogP contribution in [0.15, 0.2) is 18.2 Å². The number of nitrogens with zero attached hydrogens (tertiary/aromatic N) is 1. The van der Waals surface area contributed by atoms with Crippen LogP contribution in [0.2, 0.25) is 0 Å². The minimum atomic E-state index is 0.0895. The van der Waals surface area contributed by atoms with E-state index >= 15 is 0 Å². The molecule has 0 saturated heterocycles. The maximum Gasteiger partial charge on any atom is 0.176 e. The second-order valence-corrected chi connectivity index (χ2v) is 3.51. The van der Waals surface area contributed by atoms with Gasteiger partial charge in [0, 0.05) is 5.56 Å². The van der Waals surface area contributed by atoms with Crippen LogP contribution in [0.5, 0.6) is 0 Å². The highest BCUT2D eigenvalue weighted by molar-refractivity contribution is 6.00. The summed E-state index contributed by atoms with van der Waals surface area (Å²) in [5.41, 5.74) is 2.52. The highest BCUT2D eigenvalue weighted by atomic mass is 16.1. The standard InChI is InChI=1S/C11H13N3O/c1-7-13-9-4-3-8(5-10(9)14-7)11(15)6-12-2/h3-5,12H,6H2,1-2H3,(H,13,14). The zero-order valence-electron chi connectivity index (χ0n) is 8.79. The lowest BCUT2D eigenvalue weighted by atomic mass is 10.1. The number of aryl methyl sites for hydroxylation is 1. The first-order chi connectivity index (χ1) is 7.20. The lowest BCUT2D eigenvalue weighted by Gasteiger charge is -1.99. The highest BCUT2D eigenvalue weighted by Crippen LogP contribution is 2.13. The minimum Gasteiger partial charge on any atom is -0.342 e. The molecule has 0 bridgehead atoms. The van der Waals surface area contributed by atoms with Crippen LogP contribution in [0.4, 0.5) is 0 Å². The summed E-state index contributed by atoms with van der Waals surface area (Å²) in [6.07, 6.45) is 0. The summed E-state index contributed by atoms with van der Waals surface area (Å²) in [5, 5.41) is 2.84. The summed E-state index contributed by atoms with van der Waals surface area (Å²) in [7, 11) is 1.76. The van der Waals surface area contributed by atoms with Crippen LogP contribution < -0.4 is 5.32 Å². The van der Waals surface area contributed by atoms with Gasteiger partial charge in [-0.05, 0) is 32.2 Å². The number of carbonyl (C=O) groups excluding carboxylic acids is 1. The molecule has 0 fully saturated rings. The molecular weight excluding hydrogens is 190 g/mol. The van der Waals surface area contributed by atoms with Crippen molar-refractivity contribution in [3.63, 3.8) is 0 Å². The molecule has 1 aromatic heterocycles. The van der Waals surface area contributed by atoms with E-state index in [0.29, 0.717) is 12.1 Å². The normalized spacial score (nSPS) is 10.8. The molecule has 0 aliphatic carbocycles. The predicted octanol–water partition coefficient (Wildman–Crippen LogP) is 1.27. The predicted molar refractivity (Wildman–Crippen MR) is 59.1 cm³/mol. The van der Waals surface area contributed by atoms with Gasteiger partial charge in [-0.25, -0.2) is 4.98 Å². The van der Waals surface area contributed by atoms with Crippen molar-refractivity contribution in [1.82, 2.24) is 15.3 Å². The van der Waals surface area contributed by atoms with Crippen molar-refractivity contribution in [3.8, 4) is 0 Å². The number of hydrogen-bond donors (Lipinski definition) is 2. The Labute approximate surface area is 87.7 Å². The molecule has 0 aliphatic heterocycles. The Hall–Kier alpha value is -1.68. The highest BCUT2D eigenvalue weighted by Gasteiger charge is 2.06. The third-order valence-corrected chi connectivity index (χ3v) is 2.26. The van der Waals surface area contributed by atoms with E-state index in [1.54, 1.807) is 7.05 Å². The number of fused-ring (bicyclic) bond motifs is 1. The van der Waals surface area contributed by atoms with Crippen LogP contribution in [0.25, 0.3) is 11.0 Å². The van der Waals surface area contributed by atoms with Crippen molar-refractivity contribution in [2.75, 3.05) is 13.6 Å². The smallest absolute Gasteiger partial charge is 0.176 e. The maximum atomic E-state index is 11.6. The summed E-state index contributed by atoms with van der Waals surface area (Å²) in [6, 6.07) is 5.51. The second-order valence-electron chi connectivity index (χ2n) is 3.51. The number of Topliss-reactive ketones (excluding diaryl/α,β-unsaturated/α-hetero) is 1. The van der Waals surface area contributed by atoms with Crippen LogP contribution in [-0.4, -0.2) is 29.3 Å². The van der Waals surface area contributed by atoms with E-state index in [1.165, 1.54) is 0 Å². The van der Waals surface area contributed by atoms with Gasteiger partial charge < -0.3 is 10.3 Å². The number of nitrogens with one attached hydrogen (secondary N) is 2. The number of benzene rings is 1. The first kappa shape index (κ1) is 9.86. The Balaban J connectivity index is 2.41. The second kappa shape index (κ2) is 3.82. The number of aromatic nitrogens is 2. The average Bonchev–Trinajstić information content (AvgIpc) is 2.57. The van der Waals surface area contributed by atoms with Gasteiger partial charge in [-0.1, -0.05) is 0 Å². The lowest BCUT2D eigenvalue weighted by molar-refractivity contribution is 0.0993. The van der Waals surface area contributed by atoms with E-state index in [-0.39, 0.29) is 5.78 Å². The number of rotatable bonds is 3. The zero-order chi connectivity index (χ0) is 10.8. The topological polar surface area (TPSA) is 57.8 Å². The number of carbonyl (C=O) groups is 1. The molecule has 4 nitrogen and oxygen atoms in total. The average molecular weight is 203 g/mol. The maximum absolute atomic E-state index is 11.6. The Morgan fingerprint density at radius 1 is 1.53 bits per heavy atom. The molecule has 0 amide bonds. The summed E-state index contributed by atoms with van der Waals surface area (Å²) >= 11 is 0. The van der Waals surface area contributed by atoms with E-state index in [2.05, 4.69) is 15.3 Å². The van der Waals surface area contributed by atoms with E-state index < -0.39 is 0 Å². The molecule has 1 heterocycles. The van der Waals surface area contributed by atoms with Crippen molar-refractivity contribution >= 4 is 16.8 Å². The van der Waals surface area contributed by atoms with Gasteiger partial charge >= 0.3 is 0 Å². The van der Waals surface area contributed by atoms with E-state index in [1.807, 2.05) is 25.1 Å². The van der Waals surface area contributed by atoms with Gasteiger partial charge in [0.15, 0.2) is 5.78 Å². The van der Waals surface area contributed by atoms with Crippen LogP contribution in [-0.2, 0) is 0 Å². The van der Waals surface area contributed by atoms with Gasteiger partial charge in [0.1, 0.15) is 5.82 Å². The third kappa shape index (κ3) is 1.89. The Morgan fingerprint density at radius 3 is 3.07 bits per heavy atom. The molecule has 4 heteroatoms. The number of ketones is 1. The van der Waals surface area contributed by atoms with E-state index in [9.17, 15) is 4.79 Å². The fourth-order valence-corrected chi connectivity index (χ4v) is 1.57. The molecule has 1 aromatic carbocycles. The number of aromatic amines is 1. The quantitative estimate of drug-likeness (QED) is 0.739. The summed E-state index contributed by atoms with van der Waals surface area (Å²) < 4.78 is 0. The molecule has 0 radical (unpaired) electrons. The molecule has 0 atom stereocenters. The van der Waals surface area contributed by atoms with Crippen LogP contribution in [0.1, 0.15) is 16.2 Å². The Morgan fingerprint density at radius 2 is 2.33 bits per heavy atom. The SMILES string of the molecule is CNCC(=O)c1ccc2nc(C)[nH]c2c1. The summed E-state index contributed by atoms with van der Waals surface area (Å²) in [4.78, 5) is 19.0. The van der Waals surface area contributed by atoms with Crippen molar-refractivity contribution in [2.45, 2.75) is 6.92 Å². The largest absolute Gasteiger partial charge is 0.342 e. The molecule has 0 aliphatic rings. The van der Waals surface area contributed by atoms with Gasteiger partial charge in [-0.15, -0.1) is 0 Å². The molecule has 2 aromatic rings. The first-order valence-corrected chi connectivity index (χ1v) is 4.85. The lowest BCUT2D eigenvalue weighted by Crippen LogP contribution is -2.18. The number of imidazole rings is 1. The number of hydrogen-bond acceptors (Lipinski definition) is 3. The third-order valence-electron chi connectivity index (χ3n) is 2.26. The van der Waals surface area contributed by atoms with Crippen LogP contribution in [0, 0.1) is 6.92 Å². The molecule has 0 unspecified atom stereocenters. The van der Waals surface area contributed by atoms with Crippen molar-refractivity contribution in [1.29, 1.82) is 0 Å². The molecule has 2 N–H and O–H groups in total. The van der Waals surface area contributed by atoms with Crippen molar-refractivity contribution in [2.24, 2.45) is 0 Å². The zero-order valence-corrected chi connectivity index (χ0v) is 8.79. The van der Waals surface area contributed by atoms with Crippen LogP contribution in [0.3, 0.4) is 0 Å². The minimum absolute atomic E-state index is 0.0895. The fourth-order valence-electron chi connectivity index (χ4n) is 1.57. The Bertz CT molecular complexity index is 502. The Kier molecular flexibility index (Phi) is 2.51. The summed E-state index contributed by atoms with van der Waals surface area (Å²) in [6.45, 7) is 2.26. The molecule has 15 heavy (non-hydrogen) atoms. The molecule has 2 rings (SSSR count). The van der Waals surface area contributed by atoms with Gasteiger partial charge in [0.25, 0.3) is 0 Å². The molecule has 0 saturated carbocycles. The number of H-pyrrole nitrogens is 1. The van der Waals surface area contributed by atoms with E-state index in [4.69, 9.17) is 0 Å². The fraction of sp³-hybridized carbons (Fsp3) is 0.273. The van der Waals surface area contributed by atoms with Crippen molar-refractivity contribution < 1.29 is 4.79 Å². The van der Waals surface area contributed by atoms with Crippen molar-refractivity contribution in [3.05, 3.63) is 29.6 Å². The first-order valence-electron chi connectivity index (χ1n) is 4.85. The van der Waals surface area contributed by atoms with Gasteiger partial charge in [0.2, 0.25) is 0 Å². The molecule has 0 spiro atoms. The molecule has 78 valence electrons. The van der Waals surface area contributed by atoms with Gasteiger partial charge in [0.05, 0.1) is 17.6 Å². The number of likely N-dealkylation sites (N-methyl/N-ethyl adjacent to an activating group) is 1. The monoisotopic (exact) mass is 203 g/mol. The van der Waals surface area contributed by atoms with E-state index in [0.717, 1.165) is 16.9 Å². The van der Waals surface area contributed by atoms with Gasteiger partial charge in [-0.3, -0.25) is 4.79 Å². The molecular formula is C11H13N3O. The van der Waals surface area contributed by atoms with Crippen LogP contribution >= 0.6 is 0 Å². The van der Waals surface area contributed by atoms with Gasteiger partial charge in [-0.2, -0.15) is 0 Å².